The maximum atomic E-state index is 3.94. The van der Waals surface area contributed by atoms with Gasteiger partial charge < -0.3 is 26.7 Å². The zero-order valence-corrected chi connectivity index (χ0v) is 18.0. The van der Waals surface area contributed by atoms with Crippen molar-refractivity contribution in [1.82, 2.24) is 0 Å². The SMILES string of the molecule is CC.CC(C)C.[CH2-][C@@H]1[CH-]CCCC1.[CH3-].[W+2].[Y]. The van der Waals surface area contributed by atoms with Crippen LogP contribution in [-0.4, -0.2) is 0 Å². The summed E-state index contributed by atoms with van der Waals surface area (Å²) in [5.74, 6) is 1.49. The first-order chi connectivity index (χ1) is 6.13. The molecule has 0 amide bonds. The Morgan fingerprint density at radius 2 is 1.50 bits per heavy atom. The molecule has 1 radical (unpaired) electrons. The van der Waals surface area contributed by atoms with Gasteiger partial charge in [0.05, 0.1) is 0 Å². The van der Waals surface area contributed by atoms with Crippen LogP contribution in [0.2, 0.25) is 0 Å². The molecule has 0 aromatic heterocycles. The zero-order valence-electron chi connectivity index (χ0n) is 12.3. The van der Waals surface area contributed by atoms with E-state index in [1.165, 1.54) is 25.7 Å². The Morgan fingerprint density at radius 3 is 1.62 bits per heavy atom. The third kappa shape index (κ3) is 36.0. The van der Waals surface area contributed by atoms with Gasteiger partial charge >= 0.3 is 21.1 Å². The summed E-state index contributed by atoms with van der Waals surface area (Å²) < 4.78 is 0. The Bertz CT molecular complexity index is 76.0. The second-order valence-corrected chi connectivity index (χ2v) is 4.01. The Morgan fingerprint density at radius 1 is 1.12 bits per heavy atom. The summed E-state index contributed by atoms with van der Waals surface area (Å²) in [6.07, 6.45) is 7.73. The first-order valence-electron chi connectivity index (χ1n) is 5.79. The molecule has 0 aliphatic heterocycles. The van der Waals surface area contributed by atoms with Crippen molar-refractivity contribution in [3.63, 3.8) is 0 Å². The van der Waals surface area contributed by atoms with Crippen LogP contribution in [0.1, 0.15) is 60.3 Å². The fourth-order valence-electron chi connectivity index (χ4n) is 1.02. The van der Waals surface area contributed by atoms with Crippen LogP contribution >= 0.6 is 0 Å². The van der Waals surface area contributed by atoms with Gasteiger partial charge in [-0.1, -0.05) is 47.5 Å². The minimum Gasteiger partial charge on any atom is -0.369 e. The maximum absolute atomic E-state index is 3.94. The van der Waals surface area contributed by atoms with Gasteiger partial charge in [-0.3, -0.25) is 0 Å². The molecule has 0 aromatic rings. The minimum absolute atomic E-state index is 0. The summed E-state index contributed by atoms with van der Waals surface area (Å²) in [5.41, 5.74) is 0. The summed E-state index contributed by atoms with van der Waals surface area (Å²) in [6.45, 7) is 14.4. The van der Waals surface area contributed by atoms with Gasteiger partial charge in [0.1, 0.15) is 0 Å². The topological polar surface area (TPSA) is 0 Å². The van der Waals surface area contributed by atoms with E-state index in [4.69, 9.17) is 0 Å². The van der Waals surface area contributed by atoms with Crippen LogP contribution in [0.15, 0.2) is 0 Å². The Labute approximate surface area is 145 Å². The third-order valence-electron chi connectivity index (χ3n) is 1.53. The molecule has 1 atom stereocenters. The molecule has 1 aliphatic carbocycles. The second kappa shape index (κ2) is 25.6. The molecule has 1 aliphatic rings. The molecule has 0 nitrogen and oxygen atoms in total. The molecule has 0 heterocycles. The third-order valence-corrected chi connectivity index (χ3v) is 1.53. The van der Waals surface area contributed by atoms with Gasteiger partial charge in [0.15, 0.2) is 0 Å². The molecule has 1 rings (SSSR count). The van der Waals surface area contributed by atoms with E-state index in [0.29, 0.717) is 5.92 Å². The van der Waals surface area contributed by atoms with Gasteiger partial charge in [-0.05, 0) is 5.92 Å². The van der Waals surface area contributed by atoms with E-state index in [1.807, 2.05) is 13.8 Å². The first-order valence-corrected chi connectivity index (χ1v) is 5.79. The average molecular weight is 472 g/mol. The molecule has 97 valence electrons. The van der Waals surface area contributed by atoms with Gasteiger partial charge in [0.2, 0.25) is 0 Å². The Kier molecular flexibility index (Phi) is 49.0. The van der Waals surface area contributed by atoms with Gasteiger partial charge in [-0.15, -0.1) is 6.42 Å². The molecular weight excluding hydrogens is 441 g/mol. The molecule has 0 saturated heterocycles. The number of hydrogen-bond acceptors (Lipinski definition) is 0. The maximum Gasteiger partial charge on any atom is 2.00 e. The van der Waals surface area contributed by atoms with Crippen LogP contribution in [-0.2, 0) is 53.8 Å². The van der Waals surface area contributed by atoms with E-state index >= 15 is 0 Å². The van der Waals surface area contributed by atoms with Crippen LogP contribution in [0.4, 0.5) is 0 Å². The van der Waals surface area contributed by atoms with E-state index in [1.54, 1.807) is 0 Å². The predicted molar refractivity (Wildman–Crippen MR) is 69.9 cm³/mol. The van der Waals surface area contributed by atoms with Crippen molar-refractivity contribution < 1.29 is 53.8 Å². The van der Waals surface area contributed by atoms with Gasteiger partial charge in [-0.25, -0.2) is 0 Å². The molecule has 1 saturated carbocycles. The number of hydrogen-bond donors (Lipinski definition) is 0. The van der Waals surface area contributed by atoms with Gasteiger partial charge in [0, 0.05) is 32.7 Å². The normalized spacial score (nSPS) is 17.1. The van der Waals surface area contributed by atoms with Crippen LogP contribution in [0.25, 0.3) is 0 Å². The van der Waals surface area contributed by atoms with Crippen molar-refractivity contribution in [3.05, 3.63) is 20.8 Å². The molecule has 2 heteroatoms. The average Bonchev–Trinajstić information content (AvgIpc) is 2.08. The minimum atomic E-state index is 0. The largest absolute Gasteiger partial charge is 2.00 e. The molecule has 0 N–H and O–H groups in total. The van der Waals surface area contributed by atoms with Crippen molar-refractivity contribution in [2.75, 3.05) is 0 Å². The standard InChI is InChI=1S/C7H12.C4H10.C2H6.CH3.W.Y/c1-7-5-3-2-4-6-7;1-4(2)3;1-2;;;/h5,7H,1-4,6H2;4H,1-3H3;1-2H3;1H3;;/q-2;;;-1;+2;/t7-;;;;;/m1...../s1. The van der Waals surface area contributed by atoms with E-state index < -0.39 is 0 Å². The van der Waals surface area contributed by atoms with E-state index in [2.05, 4.69) is 34.1 Å². The molecule has 16 heavy (non-hydrogen) atoms. The van der Waals surface area contributed by atoms with E-state index in [-0.39, 0.29) is 61.2 Å². The van der Waals surface area contributed by atoms with Gasteiger partial charge in [0.25, 0.3) is 0 Å². The number of rotatable bonds is 0. The fraction of sp³-hybridized carbons (Fsp3) is 0.786. The van der Waals surface area contributed by atoms with Crippen LogP contribution in [0.5, 0.6) is 0 Å². The Balaban J connectivity index is -0.0000000403. The van der Waals surface area contributed by atoms with Crippen molar-refractivity contribution >= 4 is 0 Å². The predicted octanol–water partition coefficient (Wildman–Crippen LogP) is 5.35. The molecule has 1 fully saturated rings. The summed E-state index contributed by atoms with van der Waals surface area (Å²) in [5, 5.41) is 0. The van der Waals surface area contributed by atoms with E-state index in [9.17, 15) is 0 Å². The Hall–Kier alpha value is 1.79. The quantitative estimate of drug-likeness (QED) is 0.418. The van der Waals surface area contributed by atoms with Crippen molar-refractivity contribution in [2.45, 2.75) is 60.3 Å². The zero-order chi connectivity index (χ0) is 10.7. The molecule has 0 aromatic carbocycles. The molecule has 0 bridgehead atoms. The summed E-state index contributed by atoms with van der Waals surface area (Å²) in [4.78, 5) is 0. The van der Waals surface area contributed by atoms with E-state index in [0.717, 1.165) is 5.92 Å². The molecule has 0 unspecified atom stereocenters. The smallest absolute Gasteiger partial charge is 0.369 e. The van der Waals surface area contributed by atoms with Crippen LogP contribution in [0.3, 0.4) is 0 Å². The summed E-state index contributed by atoms with van der Waals surface area (Å²) in [6, 6.07) is 0. The molecule has 0 spiro atoms. The van der Waals surface area contributed by atoms with Crippen LogP contribution in [0, 0.1) is 32.6 Å². The summed E-state index contributed by atoms with van der Waals surface area (Å²) >= 11 is 0. The fourth-order valence-corrected chi connectivity index (χ4v) is 1.02. The first kappa shape index (κ1) is 30.7. The van der Waals surface area contributed by atoms with Crippen molar-refractivity contribution in [2.24, 2.45) is 11.8 Å². The van der Waals surface area contributed by atoms with Crippen LogP contribution < -0.4 is 0 Å². The van der Waals surface area contributed by atoms with Gasteiger partial charge in [-0.2, -0.15) is 6.42 Å². The van der Waals surface area contributed by atoms with Crippen molar-refractivity contribution in [3.8, 4) is 0 Å². The van der Waals surface area contributed by atoms with Crippen molar-refractivity contribution in [1.29, 1.82) is 0 Å². The second-order valence-electron chi connectivity index (χ2n) is 4.01. The molecular formula is C14H31WY-. The monoisotopic (exact) mass is 472 g/mol. The summed E-state index contributed by atoms with van der Waals surface area (Å²) in [7, 11) is 0.